The molecule has 1 aromatic carbocycles. The van der Waals surface area contributed by atoms with Crippen molar-refractivity contribution in [3.05, 3.63) is 30.5 Å². The van der Waals surface area contributed by atoms with Gasteiger partial charge in [-0.15, -0.1) is 5.10 Å². The molecule has 0 aliphatic rings. The highest BCUT2D eigenvalue weighted by Gasteiger charge is 2.20. The molecule has 0 amide bonds. The Morgan fingerprint density at radius 2 is 2.15 bits per heavy atom. The predicted octanol–water partition coefficient (Wildman–Crippen LogP) is 1.28. The molecule has 0 spiro atoms. The number of carboxylic acids is 1. The third kappa shape index (κ3) is 3.44. The molecule has 20 heavy (non-hydrogen) atoms. The summed E-state index contributed by atoms with van der Waals surface area (Å²) < 4.78 is 6.83. The SMILES string of the molecule is C[Si](C)(C)c1cn(-c2cccc(OCC(=O)O)c2)nn1. The van der Waals surface area contributed by atoms with Gasteiger partial charge in [0, 0.05) is 12.3 Å². The zero-order valence-corrected chi connectivity index (χ0v) is 12.7. The van der Waals surface area contributed by atoms with Crippen molar-refractivity contribution in [2.75, 3.05) is 6.61 Å². The molecule has 1 N–H and O–H groups in total. The number of carbonyl (C=O) groups is 1. The van der Waals surface area contributed by atoms with Crippen LogP contribution in [0.3, 0.4) is 0 Å². The molecule has 0 saturated heterocycles. The fourth-order valence-electron chi connectivity index (χ4n) is 1.59. The van der Waals surface area contributed by atoms with Crippen LogP contribution in [-0.4, -0.2) is 40.8 Å². The average molecular weight is 291 g/mol. The van der Waals surface area contributed by atoms with Gasteiger partial charge in [-0.1, -0.05) is 30.9 Å². The molecule has 0 bridgehead atoms. The van der Waals surface area contributed by atoms with Crippen LogP contribution in [0.15, 0.2) is 30.5 Å². The van der Waals surface area contributed by atoms with Crippen molar-refractivity contribution >= 4 is 19.4 Å². The van der Waals surface area contributed by atoms with Crippen LogP contribution in [0.5, 0.6) is 5.75 Å². The third-order valence-electron chi connectivity index (χ3n) is 2.71. The molecule has 1 aromatic heterocycles. The Morgan fingerprint density at radius 3 is 2.75 bits per heavy atom. The van der Waals surface area contributed by atoms with Gasteiger partial charge in [-0.3, -0.25) is 0 Å². The number of rotatable bonds is 5. The van der Waals surface area contributed by atoms with Crippen LogP contribution in [0.1, 0.15) is 0 Å². The molecule has 7 heteroatoms. The molecular formula is C13H17N3O3Si. The molecule has 6 nitrogen and oxygen atoms in total. The van der Waals surface area contributed by atoms with Crippen LogP contribution in [0, 0.1) is 0 Å². The minimum absolute atomic E-state index is 0.360. The zero-order chi connectivity index (χ0) is 14.8. The molecule has 1 heterocycles. The first kappa shape index (κ1) is 14.3. The highest BCUT2D eigenvalue weighted by Crippen LogP contribution is 2.16. The van der Waals surface area contributed by atoms with E-state index >= 15 is 0 Å². The maximum Gasteiger partial charge on any atom is 0.341 e. The Hall–Kier alpha value is -2.15. The lowest BCUT2D eigenvalue weighted by Gasteiger charge is -2.10. The summed E-state index contributed by atoms with van der Waals surface area (Å²) >= 11 is 0. The lowest BCUT2D eigenvalue weighted by molar-refractivity contribution is -0.139. The van der Waals surface area contributed by atoms with E-state index in [0.717, 1.165) is 11.0 Å². The number of aromatic nitrogens is 3. The van der Waals surface area contributed by atoms with Crippen molar-refractivity contribution in [3.63, 3.8) is 0 Å². The summed E-state index contributed by atoms with van der Waals surface area (Å²) in [5.74, 6) is -0.507. The van der Waals surface area contributed by atoms with E-state index < -0.39 is 14.0 Å². The first-order valence-corrected chi connectivity index (χ1v) is 9.74. The molecule has 0 fully saturated rings. The standard InChI is InChI=1S/C13H17N3O3Si/c1-20(2,3)12-8-16(15-14-12)10-5-4-6-11(7-10)19-9-13(17)18/h4-8H,9H2,1-3H3,(H,17,18). The van der Waals surface area contributed by atoms with E-state index in [1.54, 1.807) is 22.9 Å². The Kier molecular flexibility index (Phi) is 3.89. The van der Waals surface area contributed by atoms with Crippen molar-refractivity contribution in [1.29, 1.82) is 0 Å². The second-order valence-electron chi connectivity index (χ2n) is 5.48. The quantitative estimate of drug-likeness (QED) is 0.840. The molecule has 0 aliphatic heterocycles. The first-order chi connectivity index (χ1) is 9.36. The van der Waals surface area contributed by atoms with Crippen LogP contribution in [0.25, 0.3) is 5.69 Å². The summed E-state index contributed by atoms with van der Waals surface area (Å²) in [6, 6.07) is 7.12. The van der Waals surface area contributed by atoms with Gasteiger partial charge in [-0.2, -0.15) is 0 Å². The molecule has 0 radical (unpaired) electrons. The molecule has 0 atom stereocenters. The minimum Gasteiger partial charge on any atom is -0.482 e. The average Bonchev–Trinajstić information content (AvgIpc) is 2.86. The number of aliphatic carboxylic acids is 1. The number of ether oxygens (including phenoxy) is 1. The van der Waals surface area contributed by atoms with E-state index in [9.17, 15) is 4.79 Å². The van der Waals surface area contributed by atoms with Crippen LogP contribution < -0.4 is 10.1 Å². The fraction of sp³-hybridized carbons (Fsp3) is 0.308. The molecule has 0 unspecified atom stereocenters. The van der Waals surface area contributed by atoms with E-state index in [-0.39, 0.29) is 6.61 Å². The summed E-state index contributed by atoms with van der Waals surface area (Å²) in [4.78, 5) is 10.5. The first-order valence-electron chi connectivity index (χ1n) is 6.24. The largest absolute Gasteiger partial charge is 0.482 e. The summed E-state index contributed by atoms with van der Waals surface area (Å²) in [6.07, 6.45) is 1.92. The van der Waals surface area contributed by atoms with Gasteiger partial charge in [0.05, 0.1) is 11.0 Å². The number of benzene rings is 1. The van der Waals surface area contributed by atoms with E-state index in [2.05, 4.69) is 30.0 Å². The van der Waals surface area contributed by atoms with E-state index in [1.807, 2.05) is 12.3 Å². The number of nitrogens with zero attached hydrogens (tertiary/aromatic N) is 3. The van der Waals surface area contributed by atoms with Crippen LogP contribution in [0.2, 0.25) is 19.6 Å². The van der Waals surface area contributed by atoms with Crippen LogP contribution in [0.4, 0.5) is 0 Å². The summed E-state index contributed by atoms with van der Waals surface area (Å²) in [6.45, 7) is 6.25. The number of hydrogen-bond donors (Lipinski definition) is 1. The van der Waals surface area contributed by atoms with Gasteiger partial charge in [-0.05, 0) is 12.1 Å². The van der Waals surface area contributed by atoms with Gasteiger partial charge in [0.1, 0.15) is 13.8 Å². The smallest absolute Gasteiger partial charge is 0.341 e. The Labute approximate surface area is 118 Å². The summed E-state index contributed by atoms with van der Waals surface area (Å²) in [5.41, 5.74) is 0.796. The summed E-state index contributed by atoms with van der Waals surface area (Å²) in [7, 11) is -1.49. The molecular weight excluding hydrogens is 274 g/mol. The van der Waals surface area contributed by atoms with E-state index in [1.165, 1.54) is 0 Å². The van der Waals surface area contributed by atoms with E-state index in [4.69, 9.17) is 9.84 Å². The molecule has 0 aliphatic carbocycles. The maximum atomic E-state index is 10.5. The highest BCUT2D eigenvalue weighted by atomic mass is 28.3. The van der Waals surface area contributed by atoms with Crippen LogP contribution >= 0.6 is 0 Å². The van der Waals surface area contributed by atoms with Gasteiger partial charge in [0.2, 0.25) is 0 Å². The van der Waals surface area contributed by atoms with E-state index in [0.29, 0.717) is 5.75 Å². The monoisotopic (exact) mass is 291 g/mol. The van der Waals surface area contributed by atoms with Gasteiger partial charge in [0.25, 0.3) is 0 Å². The van der Waals surface area contributed by atoms with Gasteiger partial charge in [-0.25, -0.2) is 9.48 Å². The normalized spacial score (nSPS) is 11.3. The summed E-state index contributed by atoms with van der Waals surface area (Å²) in [5, 5.41) is 18.0. The van der Waals surface area contributed by atoms with Crippen molar-refractivity contribution in [2.45, 2.75) is 19.6 Å². The second kappa shape index (κ2) is 5.46. The molecule has 0 saturated carbocycles. The predicted molar refractivity (Wildman–Crippen MR) is 77.5 cm³/mol. The highest BCUT2D eigenvalue weighted by molar-refractivity contribution is 6.88. The van der Waals surface area contributed by atoms with Crippen molar-refractivity contribution in [3.8, 4) is 11.4 Å². The van der Waals surface area contributed by atoms with Crippen molar-refractivity contribution < 1.29 is 14.6 Å². The minimum atomic E-state index is -1.49. The molecule has 106 valence electrons. The third-order valence-corrected chi connectivity index (χ3v) is 4.47. The number of hydrogen-bond acceptors (Lipinski definition) is 4. The van der Waals surface area contributed by atoms with Gasteiger partial charge < -0.3 is 9.84 Å². The number of carboxylic acid groups (broad SMARTS) is 1. The van der Waals surface area contributed by atoms with Crippen molar-refractivity contribution in [2.24, 2.45) is 0 Å². The van der Waals surface area contributed by atoms with Crippen molar-refractivity contribution in [1.82, 2.24) is 15.0 Å². The second-order valence-corrected chi connectivity index (χ2v) is 10.5. The lowest BCUT2D eigenvalue weighted by atomic mass is 10.3. The van der Waals surface area contributed by atoms with Gasteiger partial charge in [0.15, 0.2) is 6.61 Å². The Bertz CT molecular complexity index is 619. The maximum absolute atomic E-state index is 10.5. The van der Waals surface area contributed by atoms with Crippen LogP contribution in [-0.2, 0) is 4.79 Å². The Balaban J connectivity index is 2.22. The lowest BCUT2D eigenvalue weighted by Crippen LogP contribution is -2.38. The van der Waals surface area contributed by atoms with Gasteiger partial charge >= 0.3 is 5.97 Å². The molecule has 2 rings (SSSR count). The topological polar surface area (TPSA) is 77.2 Å². The zero-order valence-electron chi connectivity index (χ0n) is 11.7. The fourth-order valence-corrected chi connectivity index (χ4v) is 2.45. The Morgan fingerprint density at radius 1 is 1.40 bits per heavy atom. The molecule has 2 aromatic rings.